The number of non-ortho nitro benzene ring substituents is 1. The second kappa shape index (κ2) is 8.38. The van der Waals surface area contributed by atoms with Crippen molar-refractivity contribution in [3.05, 3.63) is 75.6 Å². The van der Waals surface area contributed by atoms with E-state index in [0.717, 1.165) is 12.1 Å². The van der Waals surface area contributed by atoms with E-state index in [-0.39, 0.29) is 17.0 Å². The molecule has 2 rings (SSSR count). The van der Waals surface area contributed by atoms with Gasteiger partial charge in [0.15, 0.2) is 11.6 Å². The summed E-state index contributed by atoms with van der Waals surface area (Å²) >= 11 is 0. The topological polar surface area (TPSA) is 111 Å². The maximum absolute atomic E-state index is 13.5. The van der Waals surface area contributed by atoms with Gasteiger partial charge in [-0.3, -0.25) is 30.6 Å². The molecule has 0 radical (unpaired) electrons. The maximum atomic E-state index is 13.5. The Morgan fingerprint density at radius 1 is 1.19 bits per heavy atom. The average Bonchev–Trinajstić information content (AvgIpc) is 2.64. The molecule has 0 saturated heterocycles. The number of nitro benzene ring substituents is 1. The van der Waals surface area contributed by atoms with Gasteiger partial charge in [0.25, 0.3) is 17.5 Å². The standard InChI is InChI=1S/C17H14FN3O5/c1-26-15-7-5-11(9-14(15)18)6-8-16(22)19-20-17(23)12-3-2-4-13(10-12)21(24)25/h2-10H,1H3,(H,19,22)(H,20,23)/b8-6+. The van der Waals surface area contributed by atoms with Gasteiger partial charge in [0.2, 0.25) is 0 Å². The number of halogens is 1. The van der Waals surface area contributed by atoms with Crippen molar-refractivity contribution in [2.24, 2.45) is 0 Å². The molecule has 2 aromatic rings. The molecule has 26 heavy (non-hydrogen) atoms. The van der Waals surface area contributed by atoms with E-state index < -0.39 is 22.6 Å². The van der Waals surface area contributed by atoms with Crippen LogP contribution in [0.25, 0.3) is 6.08 Å². The minimum Gasteiger partial charge on any atom is -0.494 e. The van der Waals surface area contributed by atoms with Gasteiger partial charge in [-0.15, -0.1) is 0 Å². The van der Waals surface area contributed by atoms with Crippen molar-refractivity contribution in [2.45, 2.75) is 0 Å². The molecule has 0 saturated carbocycles. The molecule has 0 atom stereocenters. The predicted octanol–water partition coefficient (Wildman–Crippen LogP) is 2.22. The van der Waals surface area contributed by atoms with Gasteiger partial charge >= 0.3 is 0 Å². The van der Waals surface area contributed by atoms with Crippen LogP contribution in [0, 0.1) is 15.9 Å². The van der Waals surface area contributed by atoms with Crippen LogP contribution in [0.1, 0.15) is 15.9 Å². The SMILES string of the molecule is COc1ccc(/C=C/C(=O)NNC(=O)c2cccc([N+](=O)[O-])c2)cc1F. The first-order valence-electron chi connectivity index (χ1n) is 7.27. The van der Waals surface area contributed by atoms with Crippen molar-refractivity contribution in [2.75, 3.05) is 7.11 Å². The van der Waals surface area contributed by atoms with Crippen LogP contribution in [-0.2, 0) is 4.79 Å². The number of nitro groups is 1. The Labute approximate surface area is 147 Å². The minimum atomic E-state index is -0.717. The van der Waals surface area contributed by atoms with Crippen molar-refractivity contribution in [3.63, 3.8) is 0 Å². The second-order valence-electron chi connectivity index (χ2n) is 4.98. The van der Waals surface area contributed by atoms with Crippen LogP contribution in [0.3, 0.4) is 0 Å². The summed E-state index contributed by atoms with van der Waals surface area (Å²) in [4.78, 5) is 33.6. The molecule has 0 aliphatic rings. The normalized spacial score (nSPS) is 10.4. The van der Waals surface area contributed by atoms with Gasteiger partial charge in [-0.25, -0.2) is 4.39 Å². The molecule has 2 aromatic carbocycles. The molecule has 0 aliphatic heterocycles. The Bertz CT molecular complexity index is 882. The highest BCUT2D eigenvalue weighted by Crippen LogP contribution is 2.18. The fourth-order valence-electron chi connectivity index (χ4n) is 1.95. The number of benzene rings is 2. The molecule has 2 amide bonds. The summed E-state index contributed by atoms with van der Waals surface area (Å²) in [5.41, 5.74) is 4.44. The number of rotatable bonds is 5. The molecule has 0 fully saturated rings. The van der Waals surface area contributed by atoms with E-state index in [4.69, 9.17) is 4.74 Å². The Morgan fingerprint density at radius 2 is 1.96 bits per heavy atom. The summed E-state index contributed by atoms with van der Waals surface area (Å²) in [6.07, 6.45) is 2.44. The molecule has 8 nitrogen and oxygen atoms in total. The van der Waals surface area contributed by atoms with Crippen molar-refractivity contribution in [1.29, 1.82) is 0 Å². The zero-order valence-electron chi connectivity index (χ0n) is 13.6. The number of carbonyl (C=O) groups excluding carboxylic acids is 2. The number of amides is 2. The molecule has 0 bridgehead atoms. The maximum Gasteiger partial charge on any atom is 0.270 e. The lowest BCUT2D eigenvalue weighted by atomic mass is 10.2. The first-order valence-corrected chi connectivity index (χ1v) is 7.27. The Balaban J connectivity index is 1.94. The molecule has 0 aliphatic carbocycles. The highest BCUT2D eigenvalue weighted by atomic mass is 19.1. The number of hydrogen-bond acceptors (Lipinski definition) is 5. The molecule has 134 valence electrons. The molecule has 0 heterocycles. The number of hydrogen-bond donors (Lipinski definition) is 2. The number of nitrogens with one attached hydrogen (secondary N) is 2. The fourth-order valence-corrected chi connectivity index (χ4v) is 1.95. The number of hydrazine groups is 1. The Kier molecular flexibility index (Phi) is 5.99. The van der Waals surface area contributed by atoms with Gasteiger partial charge in [-0.1, -0.05) is 12.1 Å². The van der Waals surface area contributed by atoms with Gasteiger partial charge in [-0.2, -0.15) is 0 Å². The van der Waals surface area contributed by atoms with Crippen LogP contribution in [0.5, 0.6) is 5.75 Å². The zero-order chi connectivity index (χ0) is 19.1. The van der Waals surface area contributed by atoms with Crippen LogP contribution in [0.15, 0.2) is 48.5 Å². The highest BCUT2D eigenvalue weighted by molar-refractivity contribution is 5.98. The van der Waals surface area contributed by atoms with Crippen LogP contribution in [0.2, 0.25) is 0 Å². The van der Waals surface area contributed by atoms with Crippen molar-refractivity contribution in [3.8, 4) is 5.75 Å². The van der Waals surface area contributed by atoms with Gasteiger partial charge in [0.05, 0.1) is 12.0 Å². The van der Waals surface area contributed by atoms with E-state index in [1.54, 1.807) is 6.07 Å². The van der Waals surface area contributed by atoms with Crippen molar-refractivity contribution in [1.82, 2.24) is 10.9 Å². The molecule has 0 spiro atoms. The first-order chi connectivity index (χ1) is 12.4. The number of methoxy groups -OCH3 is 1. The van der Waals surface area contributed by atoms with Gasteiger partial charge in [-0.05, 0) is 29.8 Å². The highest BCUT2D eigenvalue weighted by Gasteiger charge is 2.11. The molecular formula is C17H14FN3O5. The molecule has 0 aromatic heterocycles. The number of carbonyl (C=O) groups is 2. The van der Waals surface area contributed by atoms with Crippen LogP contribution < -0.4 is 15.6 Å². The van der Waals surface area contributed by atoms with E-state index in [0.29, 0.717) is 5.56 Å². The van der Waals surface area contributed by atoms with Crippen molar-refractivity contribution >= 4 is 23.6 Å². The monoisotopic (exact) mass is 359 g/mol. The summed E-state index contributed by atoms with van der Waals surface area (Å²) in [6, 6.07) is 9.19. The van der Waals surface area contributed by atoms with Crippen molar-refractivity contribution < 1.29 is 23.6 Å². The Hall–Kier alpha value is -3.75. The van der Waals surface area contributed by atoms with E-state index in [1.165, 1.54) is 43.5 Å². The lowest BCUT2D eigenvalue weighted by molar-refractivity contribution is -0.384. The summed E-state index contributed by atoms with van der Waals surface area (Å²) in [7, 11) is 1.34. The van der Waals surface area contributed by atoms with E-state index in [2.05, 4.69) is 10.9 Å². The Morgan fingerprint density at radius 3 is 2.62 bits per heavy atom. The van der Waals surface area contributed by atoms with Crippen LogP contribution >= 0.6 is 0 Å². The van der Waals surface area contributed by atoms with Gasteiger partial charge in [0, 0.05) is 23.8 Å². The first kappa shape index (κ1) is 18.6. The summed E-state index contributed by atoms with van der Waals surface area (Å²) in [5, 5.41) is 10.7. The van der Waals surface area contributed by atoms with Gasteiger partial charge in [0.1, 0.15) is 0 Å². The third kappa shape index (κ3) is 4.87. The fraction of sp³-hybridized carbons (Fsp3) is 0.0588. The summed E-state index contributed by atoms with van der Waals surface area (Å²) in [6.45, 7) is 0. The largest absolute Gasteiger partial charge is 0.494 e. The third-order valence-electron chi connectivity index (χ3n) is 3.22. The van der Waals surface area contributed by atoms with E-state index in [1.807, 2.05) is 0 Å². The molecular weight excluding hydrogens is 345 g/mol. The molecule has 9 heteroatoms. The summed E-state index contributed by atoms with van der Waals surface area (Å²) < 4.78 is 18.3. The minimum absolute atomic E-state index is 0.0145. The van der Waals surface area contributed by atoms with Crippen LogP contribution in [0.4, 0.5) is 10.1 Å². The summed E-state index contributed by atoms with van der Waals surface area (Å²) in [5.74, 6) is -1.88. The predicted molar refractivity (Wildman–Crippen MR) is 90.7 cm³/mol. The quantitative estimate of drug-likeness (QED) is 0.483. The number of ether oxygens (including phenoxy) is 1. The van der Waals surface area contributed by atoms with E-state index in [9.17, 15) is 24.1 Å². The molecule has 0 unspecified atom stereocenters. The molecule has 2 N–H and O–H groups in total. The van der Waals surface area contributed by atoms with Gasteiger partial charge < -0.3 is 4.74 Å². The van der Waals surface area contributed by atoms with Crippen LogP contribution in [-0.4, -0.2) is 23.8 Å². The third-order valence-corrected chi connectivity index (χ3v) is 3.22. The lowest BCUT2D eigenvalue weighted by Crippen LogP contribution is -2.40. The lowest BCUT2D eigenvalue weighted by Gasteiger charge is -2.05. The number of nitrogens with zero attached hydrogens (tertiary/aromatic N) is 1. The second-order valence-corrected chi connectivity index (χ2v) is 4.98. The zero-order valence-corrected chi connectivity index (χ0v) is 13.6. The average molecular weight is 359 g/mol. The smallest absolute Gasteiger partial charge is 0.270 e. The van der Waals surface area contributed by atoms with E-state index >= 15 is 0 Å².